The number of carbonyl (C=O) groups excluding carboxylic acids is 1. The van der Waals surface area contributed by atoms with Crippen LogP contribution in [0, 0.1) is 0 Å². The molecule has 1 saturated heterocycles. The van der Waals surface area contributed by atoms with Gasteiger partial charge in [0.25, 0.3) is 0 Å². The average molecular weight is 358 g/mol. The van der Waals surface area contributed by atoms with Gasteiger partial charge in [-0.2, -0.15) is 5.10 Å². The largest absolute Gasteiger partial charge is 0.497 e. The second kappa shape index (κ2) is 7.88. The Bertz CT molecular complexity index is 717. The zero-order chi connectivity index (χ0) is 18.6. The zero-order valence-electron chi connectivity index (χ0n) is 15.3. The van der Waals surface area contributed by atoms with Crippen molar-refractivity contribution in [3.8, 4) is 5.75 Å². The van der Waals surface area contributed by atoms with Crippen LogP contribution in [0.25, 0.3) is 0 Å². The highest BCUT2D eigenvalue weighted by Crippen LogP contribution is 2.23. The van der Waals surface area contributed by atoms with E-state index in [1.165, 1.54) is 0 Å². The third-order valence-corrected chi connectivity index (χ3v) is 4.72. The molecule has 2 heterocycles. The molecule has 0 spiro atoms. The standard InChI is InChI=1S/C19H26N4O3/c1-21(12-16-4-6-17(26-2)7-5-16)14-19(25)8-11-22(15-19)18(24)13-23-10-3-9-20-23/h3-7,9-10,25H,8,11-15H2,1-2H3/t19-/m1/s1. The summed E-state index contributed by atoms with van der Waals surface area (Å²) in [4.78, 5) is 16.2. The lowest BCUT2D eigenvalue weighted by Crippen LogP contribution is -2.44. The number of likely N-dealkylation sites (tertiary alicyclic amines) is 1. The molecule has 0 radical (unpaired) electrons. The number of nitrogens with zero attached hydrogens (tertiary/aromatic N) is 4. The van der Waals surface area contributed by atoms with E-state index in [1.54, 1.807) is 35.2 Å². The number of aliphatic hydroxyl groups is 1. The Morgan fingerprint density at radius 2 is 2.15 bits per heavy atom. The van der Waals surface area contributed by atoms with Crippen molar-refractivity contribution in [2.45, 2.75) is 25.1 Å². The molecular weight excluding hydrogens is 332 g/mol. The zero-order valence-corrected chi connectivity index (χ0v) is 15.3. The molecule has 2 aromatic rings. The van der Waals surface area contributed by atoms with Crippen LogP contribution in [-0.4, -0.2) is 70.0 Å². The van der Waals surface area contributed by atoms with Crippen LogP contribution < -0.4 is 4.74 Å². The first-order valence-corrected chi connectivity index (χ1v) is 8.76. The van der Waals surface area contributed by atoms with Gasteiger partial charge in [-0.3, -0.25) is 14.4 Å². The highest BCUT2D eigenvalue weighted by Gasteiger charge is 2.38. The van der Waals surface area contributed by atoms with E-state index >= 15 is 0 Å². The summed E-state index contributed by atoms with van der Waals surface area (Å²) < 4.78 is 6.78. The summed E-state index contributed by atoms with van der Waals surface area (Å²) in [5, 5.41) is 15.0. The molecule has 0 aliphatic carbocycles. The molecular formula is C19H26N4O3. The van der Waals surface area contributed by atoms with Crippen molar-refractivity contribution in [3.05, 3.63) is 48.3 Å². The van der Waals surface area contributed by atoms with Crippen LogP contribution in [0.15, 0.2) is 42.7 Å². The van der Waals surface area contributed by atoms with E-state index in [0.717, 1.165) is 17.9 Å². The lowest BCUT2D eigenvalue weighted by atomic mass is 10.0. The number of ether oxygens (including phenoxy) is 1. The predicted octanol–water partition coefficient (Wildman–Crippen LogP) is 0.987. The Morgan fingerprint density at radius 3 is 2.81 bits per heavy atom. The van der Waals surface area contributed by atoms with Crippen LogP contribution in [0.4, 0.5) is 0 Å². The van der Waals surface area contributed by atoms with Crippen molar-refractivity contribution in [2.75, 3.05) is 33.8 Å². The number of rotatable bonds is 7. The third-order valence-electron chi connectivity index (χ3n) is 4.72. The molecule has 0 bridgehead atoms. The molecule has 0 saturated carbocycles. The topological polar surface area (TPSA) is 70.8 Å². The van der Waals surface area contributed by atoms with E-state index in [0.29, 0.717) is 26.1 Å². The van der Waals surface area contributed by atoms with Crippen LogP contribution in [0.1, 0.15) is 12.0 Å². The summed E-state index contributed by atoms with van der Waals surface area (Å²) >= 11 is 0. The summed E-state index contributed by atoms with van der Waals surface area (Å²) in [5.74, 6) is 0.819. The van der Waals surface area contributed by atoms with Gasteiger partial charge in [-0.1, -0.05) is 12.1 Å². The number of amides is 1. The van der Waals surface area contributed by atoms with E-state index in [-0.39, 0.29) is 12.5 Å². The average Bonchev–Trinajstić information content (AvgIpc) is 3.25. The van der Waals surface area contributed by atoms with Crippen LogP contribution in [0.3, 0.4) is 0 Å². The first kappa shape index (κ1) is 18.4. The van der Waals surface area contributed by atoms with Gasteiger partial charge in [-0.25, -0.2) is 0 Å². The van der Waals surface area contributed by atoms with E-state index in [4.69, 9.17) is 4.74 Å². The highest BCUT2D eigenvalue weighted by atomic mass is 16.5. The Labute approximate surface area is 153 Å². The first-order chi connectivity index (χ1) is 12.5. The summed E-state index contributed by atoms with van der Waals surface area (Å²) in [5.41, 5.74) is 0.280. The lowest BCUT2D eigenvalue weighted by molar-refractivity contribution is -0.132. The molecule has 3 rings (SSSR count). The molecule has 1 atom stereocenters. The SMILES string of the molecule is COc1ccc(CN(C)C[C@]2(O)CCN(C(=O)Cn3cccn3)C2)cc1. The smallest absolute Gasteiger partial charge is 0.244 e. The molecule has 0 unspecified atom stereocenters. The number of likely N-dealkylation sites (N-methyl/N-ethyl adjacent to an activating group) is 1. The quantitative estimate of drug-likeness (QED) is 0.799. The van der Waals surface area contributed by atoms with Crippen molar-refractivity contribution >= 4 is 5.91 Å². The van der Waals surface area contributed by atoms with Gasteiger partial charge >= 0.3 is 0 Å². The van der Waals surface area contributed by atoms with Gasteiger partial charge in [-0.15, -0.1) is 0 Å². The van der Waals surface area contributed by atoms with E-state index in [9.17, 15) is 9.90 Å². The van der Waals surface area contributed by atoms with Gasteiger partial charge in [0.2, 0.25) is 5.91 Å². The molecule has 140 valence electrons. The van der Waals surface area contributed by atoms with Gasteiger partial charge in [-0.05, 0) is 37.2 Å². The highest BCUT2D eigenvalue weighted by molar-refractivity contribution is 5.76. The molecule has 1 aromatic carbocycles. The second-order valence-corrected chi connectivity index (χ2v) is 7.01. The second-order valence-electron chi connectivity index (χ2n) is 7.01. The number of hydrogen-bond acceptors (Lipinski definition) is 5. The maximum atomic E-state index is 12.4. The Balaban J connectivity index is 1.51. The van der Waals surface area contributed by atoms with Crippen molar-refractivity contribution in [2.24, 2.45) is 0 Å². The third kappa shape index (κ3) is 4.62. The van der Waals surface area contributed by atoms with Gasteiger partial charge in [0, 0.05) is 32.0 Å². The maximum Gasteiger partial charge on any atom is 0.244 e. The molecule has 26 heavy (non-hydrogen) atoms. The van der Waals surface area contributed by atoms with Crippen molar-refractivity contribution in [1.29, 1.82) is 0 Å². The van der Waals surface area contributed by atoms with Crippen molar-refractivity contribution in [3.63, 3.8) is 0 Å². The van der Waals surface area contributed by atoms with Crippen LogP contribution in [0.2, 0.25) is 0 Å². The Morgan fingerprint density at radius 1 is 1.38 bits per heavy atom. The van der Waals surface area contributed by atoms with E-state index in [1.807, 2.05) is 31.3 Å². The van der Waals surface area contributed by atoms with Crippen molar-refractivity contribution < 1.29 is 14.6 Å². The Kier molecular flexibility index (Phi) is 5.58. The van der Waals surface area contributed by atoms with Crippen LogP contribution >= 0.6 is 0 Å². The van der Waals surface area contributed by atoms with Gasteiger partial charge in [0.05, 0.1) is 19.3 Å². The molecule has 1 fully saturated rings. The van der Waals surface area contributed by atoms with Crippen molar-refractivity contribution in [1.82, 2.24) is 19.6 Å². The molecule has 7 nitrogen and oxygen atoms in total. The summed E-state index contributed by atoms with van der Waals surface area (Å²) in [6.45, 7) is 2.40. The van der Waals surface area contributed by atoms with Gasteiger partial charge in [0.15, 0.2) is 0 Å². The fourth-order valence-electron chi connectivity index (χ4n) is 3.43. The Hall–Kier alpha value is -2.38. The lowest BCUT2D eigenvalue weighted by Gasteiger charge is -2.29. The molecule has 7 heteroatoms. The number of hydrogen-bond donors (Lipinski definition) is 1. The number of methoxy groups -OCH3 is 1. The van der Waals surface area contributed by atoms with E-state index < -0.39 is 5.60 Å². The molecule has 1 aliphatic rings. The molecule has 1 aliphatic heterocycles. The number of carbonyl (C=O) groups is 1. The fraction of sp³-hybridized carbons (Fsp3) is 0.474. The predicted molar refractivity (Wildman–Crippen MR) is 97.7 cm³/mol. The van der Waals surface area contributed by atoms with E-state index in [2.05, 4.69) is 10.00 Å². The monoisotopic (exact) mass is 358 g/mol. The number of aromatic nitrogens is 2. The minimum Gasteiger partial charge on any atom is -0.497 e. The molecule has 1 aromatic heterocycles. The molecule has 1 amide bonds. The van der Waals surface area contributed by atoms with Gasteiger partial charge in [0.1, 0.15) is 12.3 Å². The minimum atomic E-state index is -0.874. The van der Waals surface area contributed by atoms with Crippen LogP contribution in [0.5, 0.6) is 5.75 Å². The number of benzene rings is 1. The fourth-order valence-corrected chi connectivity index (χ4v) is 3.43. The first-order valence-electron chi connectivity index (χ1n) is 8.76. The molecule has 1 N–H and O–H groups in total. The summed E-state index contributed by atoms with van der Waals surface area (Å²) in [6.07, 6.45) is 4.01. The van der Waals surface area contributed by atoms with Crippen LogP contribution in [-0.2, 0) is 17.9 Å². The normalized spacial score (nSPS) is 19.9. The minimum absolute atomic E-state index is 0.0116. The summed E-state index contributed by atoms with van der Waals surface area (Å²) in [7, 11) is 3.63. The summed E-state index contributed by atoms with van der Waals surface area (Å²) in [6, 6.07) is 9.70. The maximum absolute atomic E-state index is 12.4. The van der Waals surface area contributed by atoms with Gasteiger partial charge < -0.3 is 14.7 Å². The number of β-amino-alcohol motifs (C(OH)–C–C–N with tert-alkyl or cyclic N) is 1.